The smallest absolute Gasteiger partial charge is 0.220 e. The van der Waals surface area contributed by atoms with E-state index in [1.54, 1.807) is 12.1 Å². The van der Waals surface area contributed by atoms with E-state index in [0.29, 0.717) is 19.6 Å². The summed E-state index contributed by atoms with van der Waals surface area (Å²) in [6, 6.07) is 22.3. The minimum Gasteiger partial charge on any atom is -0.494 e. The van der Waals surface area contributed by atoms with Crippen molar-refractivity contribution in [3.63, 3.8) is 0 Å². The number of hydrogen-bond donors (Lipinski definition) is 1. The number of carbonyl (C=O) groups excluding carboxylic acids is 1. The van der Waals surface area contributed by atoms with Gasteiger partial charge < -0.3 is 14.8 Å². The van der Waals surface area contributed by atoms with Crippen molar-refractivity contribution >= 4 is 5.91 Å². The molecule has 1 N–H and O–H groups in total. The number of hydrogen-bond acceptors (Lipinski definition) is 3. The molecule has 3 rings (SSSR count). The van der Waals surface area contributed by atoms with Crippen molar-refractivity contribution in [3.05, 3.63) is 95.3 Å². The highest BCUT2D eigenvalue weighted by atomic mass is 19.1. The Morgan fingerprint density at radius 2 is 1.69 bits per heavy atom. The molecule has 0 saturated heterocycles. The molecule has 0 unspecified atom stereocenters. The highest BCUT2D eigenvalue weighted by Crippen LogP contribution is 2.20. The lowest BCUT2D eigenvalue weighted by Gasteiger charge is -2.12. The van der Waals surface area contributed by atoms with Crippen LogP contribution in [0.25, 0.3) is 0 Å². The molecular formula is C24H24FNO3. The second-order valence-electron chi connectivity index (χ2n) is 6.63. The van der Waals surface area contributed by atoms with Crippen molar-refractivity contribution in [2.24, 2.45) is 0 Å². The van der Waals surface area contributed by atoms with Crippen LogP contribution in [0.3, 0.4) is 0 Å². The van der Waals surface area contributed by atoms with Crippen LogP contribution in [0.4, 0.5) is 4.39 Å². The van der Waals surface area contributed by atoms with Gasteiger partial charge in [-0.15, -0.1) is 0 Å². The molecule has 0 radical (unpaired) electrons. The predicted octanol–water partition coefficient (Wildman–Crippen LogP) is 4.66. The minimum absolute atomic E-state index is 0.0981. The number of halogens is 1. The normalized spacial score (nSPS) is 10.4. The molecule has 0 aliphatic carbocycles. The van der Waals surface area contributed by atoms with Gasteiger partial charge in [0.2, 0.25) is 5.91 Å². The van der Waals surface area contributed by atoms with E-state index in [4.69, 9.17) is 9.47 Å². The molecule has 0 spiro atoms. The number of methoxy groups -OCH3 is 1. The van der Waals surface area contributed by atoms with E-state index < -0.39 is 5.82 Å². The van der Waals surface area contributed by atoms with Gasteiger partial charge in [-0.2, -0.15) is 0 Å². The fourth-order valence-electron chi connectivity index (χ4n) is 2.93. The van der Waals surface area contributed by atoms with E-state index in [0.717, 1.165) is 22.4 Å². The van der Waals surface area contributed by atoms with Gasteiger partial charge in [0.15, 0.2) is 11.6 Å². The van der Waals surface area contributed by atoms with E-state index in [-0.39, 0.29) is 18.1 Å². The molecule has 150 valence electrons. The molecule has 0 aliphatic rings. The molecule has 4 nitrogen and oxygen atoms in total. The lowest BCUT2D eigenvalue weighted by atomic mass is 10.1. The van der Waals surface area contributed by atoms with Crippen LogP contribution in [0, 0.1) is 5.82 Å². The maximum Gasteiger partial charge on any atom is 0.220 e. The number of amides is 1. The van der Waals surface area contributed by atoms with Gasteiger partial charge in [0.25, 0.3) is 0 Å². The Balaban J connectivity index is 1.50. The first kappa shape index (κ1) is 20.4. The number of benzene rings is 3. The average molecular weight is 393 g/mol. The second-order valence-corrected chi connectivity index (χ2v) is 6.63. The Morgan fingerprint density at radius 1 is 0.931 bits per heavy atom. The zero-order valence-corrected chi connectivity index (χ0v) is 16.4. The van der Waals surface area contributed by atoms with Gasteiger partial charge in [-0.25, -0.2) is 4.39 Å². The molecule has 0 fully saturated rings. The summed E-state index contributed by atoms with van der Waals surface area (Å²) < 4.78 is 24.6. The summed E-state index contributed by atoms with van der Waals surface area (Å²) >= 11 is 0. The fourth-order valence-corrected chi connectivity index (χ4v) is 2.93. The molecule has 0 bridgehead atoms. The third-order valence-corrected chi connectivity index (χ3v) is 4.54. The quantitative estimate of drug-likeness (QED) is 0.575. The molecule has 5 heteroatoms. The van der Waals surface area contributed by atoms with Crippen LogP contribution in [0.15, 0.2) is 72.8 Å². The summed E-state index contributed by atoms with van der Waals surface area (Å²) in [5, 5.41) is 2.91. The Hall–Kier alpha value is -3.34. The van der Waals surface area contributed by atoms with Crippen molar-refractivity contribution in [2.75, 3.05) is 7.11 Å². The highest BCUT2D eigenvalue weighted by Gasteiger charge is 2.08. The maximum atomic E-state index is 13.7. The Morgan fingerprint density at radius 3 is 2.45 bits per heavy atom. The van der Waals surface area contributed by atoms with Crippen LogP contribution in [-0.4, -0.2) is 13.0 Å². The van der Waals surface area contributed by atoms with Gasteiger partial charge in [-0.1, -0.05) is 54.6 Å². The van der Waals surface area contributed by atoms with Gasteiger partial charge in [0.05, 0.1) is 7.11 Å². The van der Waals surface area contributed by atoms with Crippen molar-refractivity contribution in [1.82, 2.24) is 5.32 Å². The zero-order chi connectivity index (χ0) is 20.5. The van der Waals surface area contributed by atoms with Crippen LogP contribution >= 0.6 is 0 Å². The molecule has 0 aliphatic heterocycles. The topological polar surface area (TPSA) is 47.6 Å². The van der Waals surface area contributed by atoms with E-state index in [9.17, 15) is 9.18 Å². The third-order valence-electron chi connectivity index (χ3n) is 4.54. The number of ether oxygens (including phenoxy) is 2. The summed E-state index contributed by atoms with van der Waals surface area (Å²) in [5.74, 6) is 0.424. The summed E-state index contributed by atoms with van der Waals surface area (Å²) in [7, 11) is 1.42. The largest absolute Gasteiger partial charge is 0.494 e. The van der Waals surface area contributed by atoms with Gasteiger partial charge >= 0.3 is 0 Å². The first-order valence-electron chi connectivity index (χ1n) is 9.49. The van der Waals surface area contributed by atoms with Crippen molar-refractivity contribution in [2.45, 2.75) is 26.0 Å². The average Bonchev–Trinajstić information content (AvgIpc) is 2.76. The molecule has 0 atom stereocenters. The number of rotatable bonds is 9. The van der Waals surface area contributed by atoms with Crippen LogP contribution in [0.5, 0.6) is 11.5 Å². The minimum atomic E-state index is -0.421. The molecule has 3 aromatic rings. The van der Waals surface area contributed by atoms with Gasteiger partial charge in [-0.3, -0.25) is 4.79 Å². The van der Waals surface area contributed by atoms with Crippen molar-refractivity contribution < 1.29 is 18.7 Å². The van der Waals surface area contributed by atoms with Crippen LogP contribution < -0.4 is 14.8 Å². The maximum absolute atomic E-state index is 13.7. The monoisotopic (exact) mass is 393 g/mol. The summed E-state index contributed by atoms with van der Waals surface area (Å²) in [5.41, 5.74) is 2.75. The molecule has 0 heterocycles. The van der Waals surface area contributed by atoms with Crippen LogP contribution in [-0.2, 0) is 24.4 Å². The molecular weight excluding hydrogens is 369 g/mol. The first-order valence-corrected chi connectivity index (χ1v) is 9.49. The number of nitrogens with one attached hydrogen (secondary N) is 1. The lowest BCUT2D eigenvalue weighted by Crippen LogP contribution is -2.23. The number of aryl methyl sites for hydroxylation is 1. The molecule has 0 saturated carbocycles. The zero-order valence-electron chi connectivity index (χ0n) is 16.4. The Bertz CT molecular complexity index is 944. The fraction of sp³-hybridized carbons (Fsp3) is 0.208. The molecule has 29 heavy (non-hydrogen) atoms. The standard InChI is InChI=1S/C24H24FNO3/c1-28-23-13-11-18(15-21(23)25)12-14-24(27)26-16-20-9-5-6-10-22(20)29-17-19-7-3-2-4-8-19/h2-11,13,15H,12,14,16-17H2,1H3,(H,26,27). The second kappa shape index (κ2) is 10.3. The van der Waals surface area contributed by atoms with Crippen molar-refractivity contribution in [3.8, 4) is 11.5 Å². The van der Waals surface area contributed by atoms with E-state index in [2.05, 4.69) is 5.32 Å². The van der Waals surface area contributed by atoms with Crippen molar-refractivity contribution in [1.29, 1.82) is 0 Å². The Labute approximate surface area is 170 Å². The highest BCUT2D eigenvalue weighted by molar-refractivity contribution is 5.76. The van der Waals surface area contributed by atoms with E-state index >= 15 is 0 Å². The first-order chi connectivity index (χ1) is 14.2. The molecule has 3 aromatic carbocycles. The van der Waals surface area contributed by atoms with Gasteiger partial charge in [0.1, 0.15) is 12.4 Å². The molecule has 1 amide bonds. The van der Waals surface area contributed by atoms with Gasteiger partial charge in [-0.05, 0) is 35.7 Å². The summed E-state index contributed by atoms with van der Waals surface area (Å²) in [6.07, 6.45) is 0.734. The summed E-state index contributed by atoms with van der Waals surface area (Å²) in [6.45, 7) is 0.843. The SMILES string of the molecule is COc1ccc(CCC(=O)NCc2ccccc2OCc2ccccc2)cc1F. The number of para-hydroxylation sites is 1. The summed E-state index contributed by atoms with van der Waals surface area (Å²) in [4.78, 5) is 12.2. The Kier molecular flexibility index (Phi) is 7.22. The third kappa shape index (κ3) is 6.07. The van der Waals surface area contributed by atoms with Crippen LogP contribution in [0.1, 0.15) is 23.1 Å². The van der Waals surface area contributed by atoms with E-state index in [1.165, 1.54) is 13.2 Å². The number of carbonyl (C=O) groups is 1. The van der Waals surface area contributed by atoms with Crippen LogP contribution in [0.2, 0.25) is 0 Å². The van der Waals surface area contributed by atoms with E-state index in [1.807, 2.05) is 54.6 Å². The lowest BCUT2D eigenvalue weighted by molar-refractivity contribution is -0.121. The molecule has 0 aromatic heterocycles. The predicted molar refractivity (Wildman–Crippen MR) is 110 cm³/mol. The van der Waals surface area contributed by atoms with Gasteiger partial charge in [0, 0.05) is 18.5 Å².